The van der Waals surface area contributed by atoms with E-state index in [1.54, 1.807) is 11.3 Å². The van der Waals surface area contributed by atoms with Gasteiger partial charge in [0.25, 0.3) is 0 Å². The molecule has 2 heterocycles. The average Bonchev–Trinajstić information content (AvgIpc) is 2.44. The van der Waals surface area contributed by atoms with E-state index in [9.17, 15) is 0 Å². The van der Waals surface area contributed by atoms with E-state index in [4.69, 9.17) is 5.26 Å². The molecule has 0 atom stereocenters. The van der Waals surface area contributed by atoms with Crippen LogP contribution in [0.25, 0.3) is 0 Å². The summed E-state index contributed by atoms with van der Waals surface area (Å²) in [6.45, 7) is 2.28. The summed E-state index contributed by atoms with van der Waals surface area (Å²) in [5, 5.41) is 13.8. The number of nitriles is 1. The largest absolute Gasteiger partial charge is 0.316 e. The van der Waals surface area contributed by atoms with Gasteiger partial charge in [-0.1, -0.05) is 0 Å². The Kier molecular flexibility index (Phi) is 2.11. The Labute approximate surface area is 75.8 Å². The van der Waals surface area contributed by atoms with Crippen LogP contribution in [0.1, 0.15) is 10.4 Å². The van der Waals surface area contributed by atoms with Gasteiger partial charge in [0.2, 0.25) is 0 Å². The van der Waals surface area contributed by atoms with Crippen LogP contribution in [0.4, 0.5) is 0 Å². The van der Waals surface area contributed by atoms with Gasteiger partial charge in [0.05, 0.1) is 11.6 Å². The molecule has 1 aromatic heterocycles. The van der Waals surface area contributed by atoms with Crippen molar-refractivity contribution in [2.24, 2.45) is 5.92 Å². The van der Waals surface area contributed by atoms with E-state index in [2.05, 4.69) is 11.4 Å². The fraction of sp³-hybridized carbons (Fsp3) is 0.444. The maximum Gasteiger partial charge on any atom is 0.1000 e. The Morgan fingerprint density at radius 2 is 2.50 bits per heavy atom. The molecule has 1 aliphatic rings. The minimum absolute atomic E-state index is 0.801. The summed E-state index contributed by atoms with van der Waals surface area (Å²) in [7, 11) is 0. The van der Waals surface area contributed by atoms with Crippen molar-refractivity contribution in [3.05, 3.63) is 21.9 Å². The molecule has 1 saturated heterocycles. The molecule has 0 spiro atoms. The molecular weight excluding hydrogens is 168 g/mol. The van der Waals surface area contributed by atoms with Crippen LogP contribution in [0.2, 0.25) is 0 Å². The highest BCUT2D eigenvalue weighted by atomic mass is 32.1. The highest BCUT2D eigenvalue weighted by molar-refractivity contribution is 7.10. The van der Waals surface area contributed by atoms with Crippen LogP contribution in [-0.2, 0) is 6.42 Å². The summed E-state index contributed by atoms with van der Waals surface area (Å²) >= 11 is 1.70. The summed E-state index contributed by atoms with van der Waals surface area (Å²) in [4.78, 5) is 1.35. The van der Waals surface area contributed by atoms with Gasteiger partial charge in [0.15, 0.2) is 0 Å². The predicted molar refractivity (Wildman–Crippen MR) is 49.1 cm³/mol. The molecular formula is C9H10N2S. The Hall–Kier alpha value is -0.850. The molecule has 0 saturated carbocycles. The lowest BCUT2D eigenvalue weighted by Gasteiger charge is -2.26. The third kappa shape index (κ3) is 1.50. The molecule has 0 radical (unpaired) electrons. The normalized spacial score (nSPS) is 16.9. The van der Waals surface area contributed by atoms with Crippen molar-refractivity contribution in [1.82, 2.24) is 5.32 Å². The standard InChI is InChI=1S/C9H10N2S/c10-3-7-1-9(12-6-7)2-8-4-11-5-8/h1,6,8,11H,2,4-5H2. The van der Waals surface area contributed by atoms with Crippen LogP contribution in [0.3, 0.4) is 0 Å². The summed E-state index contributed by atoms with van der Waals surface area (Å²) in [5.74, 6) is 0.801. The van der Waals surface area contributed by atoms with Gasteiger partial charge in [-0.2, -0.15) is 5.26 Å². The number of rotatable bonds is 2. The minimum Gasteiger partial charge on any atom is -0.316 e. The maximum absolute atomic E-state index is 8.60. The Balaban J connectivity index is 1.99. The first kappa shape index (κ1) is 7.78. The molecule has 0 amide bonds. The lowest BCUT2D eigenvalue weighted by Crippen LogP contribution is -2.42. The van der Waals surface area contributed by atoms with Gasteiger partial charge >= 0.3 is 0 Å². The van der Waals surface area contributed by atoms with Crippen molar-refractivity contribution in [2.45, 2.75) is 6.42 Å². The Morgan fingerprint density at radius 1 is 1.67 bits per heavy atom. The van der Waals surface area contributed by atoms with Crippen LogP contribution in [0.5, 0.6) is 0 Å². The first-order valence-electron chi connectivity index (χ1n) is 4.06. The Morgan fingerprint density at radius 3 is 3.00 bits per heavy atom. The fourth-order valence-corrected chi connectivity index (χ4v) is 2.25. The predicted octanol–water partition coefficient (Wildman–Crippen LogP) is 1.38. The third-order valence-corrected chi connectivity index (χ3v) is 3.10. The minimum atomic E-state index is 0.801. The Bertz CT molecular complexity index is 307. The third-order valence-electron chi connectivity index (χ3n) is 2.14. The van der Waals surface area contributed by atoms with Crippen molar-refractivity contribution in [2.75, 3.05) is 13.1 Å². The van der Waals surface area contributed by atoms with Crippen molar-refractivity contribution in [3.63, 3.8) is 0 Å². The van der Waals surface area contributed by atoms with Gasteiger partial charge in [-0.25, -0.2) is 0 Å². The SMILES string of the molecule is N#Cc1csc(CC2CNC2)c1. The summed E-state index contributed by atoms with van der Waals surface area (Å²) in [6.07, 6.45) is 1.14. The number of hydrogen-bond donors (Lipinski definition) is 1. The average molecular weight is 178 g/mol. The van der Waals surface area contributed by atoms with Gasteiger partial charge < -0.3 is 5.32 Å². The fourth-order valence-electron chi connectivity index (χ4n) is 1.32. The molecule has 1 N–H and O–H groups in total. The molecule has 1 fully saturated rings. The van der Waals surface area contributed by atoms with Crippen molar-refractivity contribution < 1.29 is 0 Å². The summed E-state index contributed by atoms with van der Waals surface area (Å²) < 4.78 is 0. The quantitative estimate of drug-likeness (QED) is 0.742. The van der Waals surface area contributed by atoms with Crippen molar-refractivity contribution in [3.8, 4) is 6.07 Å². The molecule has 0 aromatic carbocycles. The molecule has 2 rings (SSSR count). The van der Waals surface area contributed by atoms with Gasteiger partial charge in [-0.05, 0) is 31.5 Å². The van der Waals surface area contributed by atoms with Crippen LogP contribution in [0.15, 0.2) is 11.4 Å². The number of thiophene rings is 1. The van der Waals surface area contributed by atoms with Gasteiger partial charge in [0, 0.05) is 10.3 Å². The highest BCUT2D eigenvalue weighted by Crippen LogP contribution is 2.19. The van der Waals surface area contributed by atoms with E-state index in [1.165, 1.54) is 4.88 Å². The highest BCUT2D eigenvalue weighted by Gasteiger charge is 2.17. The van der Waals surface area contributed by atoms with E-state index in [-0.39, 0.29) is 0 Å². The smallest absolute Gasteiger partial charge is 0.1000 e. The zero-order valence-electron chi connectivity index (χ0n) is 6.71. The monoisotopic (exact) mass is 178 g/mol. The van der Waals surface area contributed by atoms with Crippen molar-refractivity contribution >= 4 is 11.3 Å². The van der Waals surface area contributed by atoms with E-state index in [0.717, 1.165) is 31.0 Å². The molecule has 62 valence electrons. The molecule has 2 nitrogen and oxygen atoms in total. The number of nitrogens with one attached hydrogen (secondary N) is 1. The molecule has 0 unspecified atom stereocenters. The number of hydrogen-bond acceptors (Lipinski definition) is 3. The summed E-state index contributed by atoms with van der Waals surface area (Å²) in [6, 6.07) is 4.15. The zero-order valence-corrected chi connectivity index (χ0v) is 7.53. The maximum atomic E-state index is 8.60. The lowest BCUT2D eigenvalue weighted by atomic mass is 9.98. The summed E-state index contributed by atoms with van der Waals surface area (Å²) in [5.41, 5.74) is 0.808. The van der Waals surface area contributed by atoms with Crippen LogP contribution >= 0.6 is 11.3 Å². The van der Waals surface area contributed by atoms with Gasteiger partial charge in [-0.3, -0.25) is 0 Å². The topological polar surface area (TPSA) is 35.8 Å². The zero-order chi connectivity index (χ0) is 8.39. The first-order chi connectivity index (χ1) is 5.88. The second-order valence-electron chi connectivity index (χ2n) is 3.14. The molecule has 3 heteroatoms. The molecule has 0 aliphatic carbocycles. The van der Waals surface area contributed by atoms with E-state index >= 15 is 0 Å². The van der Waals surface area contributed by atoms with E-state index in [1.807, 2.05) is 11.4 Å². The molecule has 0 bridgehead atoms. The first-order valence-corrected chi connectivity index (χ1v) is 4.94. The second kappa shape index (κ2) is 3.26. The number of nitrogens with zero attached hydrogens (tertiary/aromatic N) is 1. The van der Waals surface area contributed by atoms with Crippen LogP contribution in [-0.4, -0.2) is 13.1 Å². The molecule has 1 aromatic rings. The lowest BCUT2D eigenvalue weighted by molar-refractivity contribution is 0.348. The van der Waals surface area contributed by atoms with Crippen LogP contribution < -0.4 is 5.32 Å². The molecule has 12 heavy (non-hydrogen) atoms. The van der Waals surface area contributed by atoms with E-state index in [0.29, 0.717) is 0 Å². The van der Waals surface area contributed by atoms with E-state index < -0.39 is 0 Å². The molecule has 1 aliphatic heterocycles. The van der Waals surface area contributed by atoms with Gasteiger partial charge in [0.1, 0.15) is 0 Å². The van der Waals surface area contributed by atoms with Gasteiger partial charge in [-0.15, -0.1) is 11.3 Å². The second-order valence-corrected chi connectivity index (χ2v) is 4.14. The van der Waals surface area contributed by atoms with Crippen LogP contribution in [0, 0.1) is 17.2 Å². The van der Waals surface area contributed by atoms with Crippen molar-refractivity contribution in [1.29, 1.82) is 5.26 Å².